The number of hydrogen-bond donors (Lipinski definition) is 0. The van der Waals surface area contributed by atoms with Crippen LogP contribution in [0.2, 0.25) is 0 Å². The van der Waals surface area contributed by atoms with E-state index in [4.69, 9.17) is 14.2 Å². The maximum absolute atomic E-state index is 10.3. The SMILES string of the molecule is COc1ccc2c(c1C=C[N+](=O)[O-])OCO2. The number of benzene rings is 1. The summed E-state index contributed by atoms with van der Waals surface area (Å²) in [6.45, 7) is 0.113. The molecular weight excluding hydrogens is 214 g/mol. The number of fused-ring (bicyclic) bond motifs is 1. The molecule has 1 aliphatic rings. The molecule has 0 amide bonds. The van der Waals surface area contributed by atoms with Gasteiger partial charge in [0.05, 0.1) is 17.6 Å². The summed E-state index contributed by atoms with van der Waals surface area (Å²) in [5.74, 6) is 1.53. The van der Waals surface area contributed by atoms with Crippen molar-refractivity contribution in [1.29, 1.82) is 0 Å². The molecule has 1 heterocycles. The minimum absolute atomic E-state index is 0.113. The van der Waals surface area contributed by atoms with Crippen LogP contribution in [0.3, 0.4) is 0 Å². The Morgan fingerprint density at radius 1 is 1.50 bits per heavy atom. The molecule has 16 heavy (non-hydrogen) atoms. The zero-order valence-electron chi connectivity index (χ0n) is 8.50. The highest BCUT2D eigenvalue weighted by Crippen LogP contribution is 2.41. The van der Waals surface area contributed by atoms with Crippen molar-refractivity contribution in [2.24, 2.45) is 0 Å². The van der Waals surface area contributed by atoms with Gasteiger partial charge in [-0.1, -0.05) is 0 Å². The number of nitrogens with zero attached hydrogens (tertiary/aromatic N) is 1. The first-order valence-electron chi connectivity index (χ1n) is 4.50. The number of ether oxygens (including phenoxy) is 3. The van der Waals surface area contributed by atoms with Gasteiger partial charge < -0.3 is 14.2 Å². The standard InChI is InChI=1S/C10H9NO5/c1-14-8-2-3-9-10(16-6-15-9)7(8)4-5-11(12)13/h2-5H,6H2,1H3. The van der Waals surface area contributed by atoms with Crippen molar-refractivity contribution in [3.63, 3.8) is 0 Å². The number of nitro groups is 1. The summed E-state index contributed by atoms with van der Waals surface area (Å²) >= 11 is 0. The molecule has 0 saturated carbocycles. The number of rotatable bonds is 3. The highest BCUT2D eigenvalue weighted by atomic mass is 16.7. The molecule has 6 nitrogen and oxygen atoms in total. The van der Waals surface area contributed by atoms with Gasteiger partial charge in [-0.05, 0) is 12.1 Å². The third-order valence-electron chi connectivity index (χ3n) is 2.12. The molecule has 0 atom stereocenters. The van der Waals surface area contributed by atoms with Crippen LogP contribution >= 0.6 is 0 Å². The lowest BCUT2D eigenvalue weighted by Crippen LogP contribution is -1.94. The Morgan fingerprint density at radius 2 is 2.31 bits per heavy atom. The molecule has 2 rings (SSSR count). The van der Waals surface area contributed by atoms with E-state index in [1.54, 1.807) is 12.1 Å². The van der Waals surface area contributed by atoms with E-state index in [0.717, 1.165) is 6.20 Å². The van der Waals surface area contributed by atoms with Crippen LogP contribution in [0.5, 0.6) is 17.2 Å². The second-order valence-electron chi connectivity index (χ2n) is 3.02. The Balaban J connectivity index is 2.47. The molecule has 6 heteroatoms. The maximum atomic E-state index is 10.3. The van der Waals surface area contributed by atoms with Gasteiger partial charge in [0.2, 0.25) is 13.0 Å². The molecule has 84 valence electrons. The van der Waals surface area contributed by atoms with E-state index in [1.807, 2.05) is 0 Å². The topological polar surface area (TPSA) is 70.8 Å². The molecule has 1 aromatic rings. The summed E-state index contributed by atoms with van der Waals surface area (Å²) in [5, 5.41) is 10.3. The average molecular weight is 223 g/mol. The zero-order valence-corrected chi connectivity index (χ0v) is 8.50. The third kappa shape index (κ3) is 1.77. The Bertz CT molecular complexity index is 455. The summed E-state index contributed by atoms with van der Waals surface area (Å²) in [6.07, 6.45) is 2.16. The van der Waals surface area contributed by atoms with Crippen molar-refractivity contribution in [1.82, 2.24) is 0 Å². The highest BCUT2D eigenvalue weighted by molar-refractivity contribution is 5.68. The van der Waals surface area contributed by atoms with Crippen LogP contribution in [0.1, 0.15) is 5.56 Å². The summed E-state index contributed by atoms with van der Waals surface area (Å²) in [7, 11) is 1.49. The van der Waals surface area contributed by atoms with Crippen LogP contribution in [0.25, 0.3) is 6.08 Å². The van der Waals surface area contributed by atoms with Gasteiger partial charge in [0.1, 0.15) is 5.75 Å². The predicted octanol–water partition coefficient (Wildman–Crippen LogP) is 1.67. The summed E-state index contributed by atoms with van der Waals surface area (Å²) in [4.78, 5) is 9.73. The van der Waals surface area contributed by atoms with Gasteiger partial charge in [0.25, 0.3) is 0 Å². The van der Waals surface area contributed by atoms with Gasteiger partial charge in [-0.15, -0.1) is 0 Å². The maximum Gasteiger partial charge on any atom is 0.235 e. The molecule has 0 saturated heterocycles. The normalized spacial score (nSPS) is 13.1. The second-order valence-corrected chi connectivity index (χ2v) is 3.02. The number of methoxy groups -OCH3 is 1. The van der Waals surface area contributed by atoms with Gasteiger partial charge in [0.15, 0.2) is 11.5 Å². The van der Waals surface area contributed by atoms with Crippen molar-refractivity contribution in [3.05, 3.63) is 34.0 Å². The van der Waals surface area contributed by atoms with Crippen molar-refractivity contribution in [3.8, 4) is 17.2 Å². The van der Waals surface area contributed by atoms with Crippen molar-refractivity contribution < 1.29 is 19.1 Å². The largest absolute Gasteiger partial charge is 0.496 e. The van der Waals surface area contributed by atoms with Crippen LogP contribution in [-0.4, -0.2) is 18.8 Å². The smallest absolute Gasteiger partial charge is 0.235 e. The first kappa shape index (κ1) is 10.3. The molecule has 1 aliphatic heterocycles. The van der Waals surface area contributed by atoms with Gasteiger partial charge in [-0.3, -0.25) is 10.1 Å². The lowest BCUT2D eigenvalue weighted by Gasteiger charge is -2.06. The van der Waals surface area contributed by atoms with Crippen LogP contribution in [-0.2, 0) is 0 Å². The van der Waals surface area contributed by atoms with E-state index in [1.165, 1.54) is 13.2 Å². The Labute approximate surface area is 91.2 Å². The minimum atomic E-state index is -0.547. The van der Waals surface area contributed by atoms with Crippen LogP contribution in [0.4, 0.5) is 0 Å². The fraction of sp³-hybridized carbons (Fsp3) is 0.200. The second kappa shape index (κ2) is 4.09. The quantitative estimate of drug-likeness (QED) is 0.575. The molecule has 0 aromatic heterocycles. The van der Waals surface area contributed by atoms with Crippen molar-refractivity contribution in [2.45, 2.75) is 0 Å². The molecule has 0 radical (unpaired) electrons. The Hall–Kier alpha value is -2.24. The fourth-order valence-electron chi connectivity index (χ4n) is 1.45. The van der Waals surface area contributed by atoms with Gasteiger partial charge in [-0.25, -0.2) is 0 Å². The molecule has 0 fully saturated rings. The fourth-order valence-corrected chi connectivity index (χ4v) is 1.45. The van der Waals surface area contributed by atoms with Gasteiger partial charge in [0, 0.05) is 6.08 Å². The van der Waals surface area contributed by atoms with E-state index in [-0.39, 0.29) is 6.79 Å². The first-order valence-corrected chi connectivity index (χ1v) is 4.50. The Kier molecular flexibility index (Phi) is 2.63. The lowest BCUT2D eigenvalue weighted by atomic mass is 10.1. The van der Waals surface area contributed by atoms with E-state index >= 15 is 0 Å². The molecule has 0 bridgehead atoms. The van der Waals surface area contributed by atoms with Crippen LogP contribution in [0, 0.1) is 10.1 Å². The zero-order chi connectivity index (χ0) is 11.5. The molecule has 0 unspecified atom stereocenters. The van der Waals surface area contributed by atoms with Crippen LogP contribution in [0.15, 0.2) is 18.3 Å². The van der Waals surface area contributed by atoms with Crippen molar-refractivity contribution in [2.75, 3.05) is 13.9 Å². The first-order chi connectivity index (χ1) is 7.72. The van der Waals surface area contributed by atoms with Gasteiger partial charge >= 0.3 is 0 Å². The molecule has 0 N–H and O–H groups in total. The summed E-state index contributed by atoms with van der Waals surface area (Å²) < 4.78 is 15.5. The summed E-state index contributed by atoms with van der Waals surface area (Å²) in [5.41, 5.74) is 0.509. The molecule has 0 aliphatic carbocycles. The number of hydrogen-bond acceptors (Lipinski definition) is 5. The van der Waals surface area contributed by atoms with E-state index in [0.29, 0.717) is 22.8 Å². The minimum Gasteiger partial charge on any atom is -0.496 e. The lowest BCUT2D eigenvalue weighted by molar-refractivity contribution is -0.400. The van der Waals surface area contributed by atoms with Crippen LogP contribution < -0.4 is 14.2 Å². The third-order valence-corrected chi connectivity index (χ3v) is 2.12. The summed E-state index contributed by atoms with van der Waals surface area (Å²) in [6, 6.07) is 3.37. The van der Waals surface area contributed by atoms with E-state index < -0.39 is 4.92 Å². The van der Waals surface area contributed by atoms with E-state index in [9.17, 15) is 10.1 Å². The average Bonchev–Trinajstić information content (AvgIpc) is 2.73. The predicted molar refractivity (Wildman–Crippen MR) is 55.1 cm³/mol. The molecule has 0 spiro atoms. The monoisotopic (exact) mass is 223 g/mol. The highest BCUT2D eigenvalue weighted by Gasteiger charge is 2.20. The van der Waals surface area contributed by atoms with Gasteiger partial charge in [-0.2, -0.15) is 0 Å². The molecular formula is C10H9NO5. The van der Waals surface area contributed by atoms with E-state index in [2.05, 4.69) is 0 Å². The molecule has 1 aromatic carbocycles. The van der Waals surface area contributed by atoms with Crippen molar-refractivity contribution >= 4 is 6.08 Å². The Morgan fingerprint density at radius 3 is 3.00 bits per heavy atom.